The number of carbonyl (C=O) groups is 1. The predicted molar refractivity (Wildman–Crippen MR) is 62.6 cm³/mol. The van der Waals surface area contributed by atoms with Crippen molar-refractivity contribution in [3.8, 4) is 6.07 Å². The lowest BCUT2D eigenvalue weighted by Gasteiger charge is -2.28. The third-order valence-corrected chi connectivity index (χ3v) is 3.47. The van der Waals surface area contributed by atoms with Crippen molar-refractivity contribution < 1.29 is 4.79 Å². The lowest BCUT2D eigenvalue weighted by Crippen LogP contribution is -2.40. The van der Waals surface area contributed by atoms with Crippen molar-refractivity contribution in [3.63, 3.8) is 0 Å². The number of rotatable bonds is 4. The van der Waals surface area contributed by atoms with Crippen LogP contribution >= 0.6 is 0 Å². The van der Waals surface area contributed by atoms with E-state index in [2.05, 4.69) is 16.3 Å². The molecule has 16 heavy (non-hydrogen) atoms. The largest absolute Gasteiger partial charge is 0.359 e. The molecule has 1 rings (SSSR count). The van der Waals surface area contributed by atoms with E-state index in [-0.39, 0.29) is 17.7 Å². The maximum absolute atomic E-state index is 11.4. The van der Waals surface area contributed by atoms with Gasteiger partial charge < -0.3 is 10.2 Å². The molecule has 4 heteroatoms. The van der Waals surface area contributed by atoms with Gasteiger partial charge in [0.2, 0.25) is 5.91 Å². The Bertz CT molecular complexity index is 284. The third kappa shape index (κ3) is 2.96. The topological polar surface area (TPSA) is 56.1 Å². The molecular weight excluding hydrogens is 202 g/mol. The van der Waals surface area contributed by atoms with Crippen molar-refractivity contribution in [2.24, 2.45) is 11.8 Å². The van der Waals surface area contributed by atoms with E-state index < -0.39 is 0 Å². The van der Waals surface area contributed by atoms with E-state index in [0.29, 0.717) is 6.04 Å². The van der Waals surface area contributed by atoms with Crippen LogP contribution in [0.25, 0.3) is 0 Å². The molecule has 0 spiro atoms. The molecule has 1 aliphatic carbocycles. The third-order valence-electron chi connectivity index (χ3n) is 3.47. The standard InChI is InChI=1S/C12H21N3O/c1-9(12(16)14-2)8-15(3)11-6-4-5-10(11)7-13/h9-11H,4-6,8H2,1-3H3,(H,14,16). The van der Waals surface area contributed by atoms with E-state index in [1.807, 2.05) is 14.0 Å². The summed E-state index contributed by atoms with van der Waals surface area (Å²) in [5, 5.41) is 11.7. The van der Waals surface area contributed by atoms with Gasteiger partial charge in [-0.05, 0) is 19.9 Å². The molecule has 1 saturated carbocycles. The van der Waals surface area contributed by atoms with E-state index in [1.165, 1.54) is 0 Å². The lowest BCUT2D eigenvalue weighted by atomic mass is 10.0. The first-order valence-electron chi connectivity index (χ1n) is 5.91. The molecule has 1 fully saturated rings. The highest BCUT2D eigenvalue weighted by Crippen LogP contribution is 2.28. The average molecular weight is 223 g/mol. The van der Waals surface area contributed by atoms with Crippen molar-refractivity contribution in [3.05, 3.63) is 0 Å². The van der Waals surface area contributed by atoms with Gasteiger partial charge in [0.15, 0.2) is 0 Å². The summed E-state index contributed by atoms with van der Waals surface area (Å²) in [5.74, 6) is 0.190. The van der Waals surface area contributed by atoms with Crippen LogP contribution in [0, 0.1) is 23.2 Å². The Morgan fingerprint density at radius 3 is 2.88 bits per heavy atom. The van der Waals surface area contributed by atoms with E-state index in [0.717, 1.165) is 25.8 Å². The zero-order valence-electron chi connectivity index (χ0n) is 10.4. The molecule has 0 heterocycles. The number of hydrogen-bond acceptors (Lipinski definition) is 3. The number of nitrogens with one attached hydrogen (secondary N) is 1. The van der Waals surface area contributed by atoms with Crippen LogP contribution in [-0.2, 0) is 4.79 Å². The first-order valence-corrected chi connectivity index (χ1v) is 5.91. The van der Waals surface area contributed by atoms with Gasteiger partial charge in [-0.25, -0.2) is 0 Å². The number of nitrogens with zero attached hydrogens (tertiary/aromatic N) is 2. The minimum atomic E-state index is -0.0186. The maximum atomic E-state index is 11.4. The number of nitriles is 1. The van der Waals surface area contributed by atoms with Crippen molar-refractivity contribution in [2.75, 3.05) is 20.6 Å². The van der Waals surface area contributed by atoms with Crippen LogP contribution in [0.2, 0.25) is 0 Å². The van der Waals surface area contributed by atoms with Gasteiger partial charge in [-0.2, -0.15) is 5.26 Å². The van der Waals surface area contributed by atoms with Crippen molar-refractivity contribution in [1.82, 2.24) is 10.2 Å². The molecule has 0 aliphatic heterocycles. The Morgan fingerprint density at radius 2 is 2.31 bits per heavy atom. The van der Waals surface area contributed by atoms with Crippen LogP contribution in [0.5, 0.6) is 0 Å². The van der Waals surface area contributed by atoms with Gasteiger partial charge in [0, 0.05) is 25.6 Å². The van der Waals surface area contributed by atoms with Crippen LogP contribution in [-0.4, -0.2) is 37.5 Å². The van der Waals surface area contributed by atoms with Gasteiger partial charge in [-0.1, -0.05) is 13.3 Å². The molecule has 0 radical (unpaired) electrons. The van der Waals surface area contributed by atoms with Crippen molar-refractivity contribution >= 4 is 5.91 Å². The number of carbonyl (C=O) groups excluding carboxylic acids is 1. The summed E-state index contributed by atoms with van der Waals surface area (Å²) >= 11 is 0. The summed E-state index contributed by atoms with van der Waals surface area (Å²) in [4.78, 5) is 13.6. The summed E-state index contributed by atoms with van der Waals surface area (Å²) < 4.78 is 0. The summed E-state index contributed by atoms with van der Waals surface area (Å²) in [6.07, 6.45) is 3.21. The molecule has 1 amide bonds. The Labute approximate surface area is 97.6 Å². The van der Waals surface area contributed by atoms with Gasteiger partial charge in [-0.3, -0.25) is 4.79 Å². The van der Waals surface area contributed by atoms with Gasteiger partial charge in [0.05, 0.1) is 12.0 Å². The van der Waals surface area contributed by atoms with Crippen molar-refractivity contribution in [1.29, 1.82) is 5.26 Å². The highest BCUT2D eigenvalue weighted by Gasteiger charge is 2.31. The molecule has 0 aromatic rings. The number of amides is 1. The Balaban J connectivity index is 2.49. The lowest BCUT2D eigenvalue weighted by molar-refractivity contribution is -0.124. The minimum absolute atomic E-state index is 0.0186. The zero-order chi connectivity index (χ0) is 12.1. The second kappa shape index (κ2) is 5.86. The SMILES string of the molecule is CNC(=O)C(C)CN(C)C1CCCC1C#N. The molecule has 0 aromatic carbocycles. The Morgan fingerprint density at radius 1 is 1.62 bits per heavy atom. The van der Waals surface area contributed by atoms with Gasteiger partial charge in [0.25, 0.3) is 0 Å². The Hall–Kier alpha value is -1.08. The van der Waals surface area contributed by atoms with E-state index in [4.69, 9.17) is 5.26 Å². The molecule has 4 nitrogen and oxygen atoms in total. The minimum Gasteiger partial charge on any atom is -0.359 e. The summed E-state index contributed by atoms with van der Waals surface area (Å²) in [7, 11) is 3.67. The summed E-state index contributed by atoms with van der Waals surface area (Å²) in [6, 6.07) is 2.70. The van der Waals surface area contributed by atoms with Crippen LogP contribution in [0.4, 0.5) is 0 Å². The first-order chi connectivity index (χ1) is 7.60. The highest BCUT2D eigenvalue weighted by atomic mass is 16.1. The fourth-order valence-electron chi connectivity index (χ4n) is 2.52. The summed E-state index contributed by atoms with van der Waals surface area (Å²) in [6.45, 7) is 2.65. The molecule has 1 aliphatic rings. The fraction of sp³-hybridized carbons (Fsp3) is 0.833. The zero-order valence-corrected chi connectivity index (χ0v) is 10.4. The molecule has 0 saturated heterocycles. The van der Waals surface area contributed by atoms with E-state index >= 15 is 0 Å². The predicted octanol–water partition coefficient (Wildman–Crippen LogP) is 0.993. The second-order valence-electron chi connectivity index (χ2n) is 4.69. The molecule has 0 bridgehead atoms. The quantitative estimate of drug-likeness (QED) is 0.773. The van der Waals surface area contributed by atoms with E-state index in [9.17, 15) is 4.79 Å². The molecule has 3 unspecified atom stereocenters. The van der Waals surface area contributed by atoms with Crippen LogP contribution < -0.4 is 5.32 Å². The molecule has 1 N–H and O–H groups in total. The van der Waals surface area contributed by atoms with Gasteiger partial charge in [-0.15, -0.1) is 0 Å². The van der Waals surface area contributed by atoms with Crippen molar-refractivity contribution in [2.45, 2.75) is 32.2 Å². The smallest absolute Gasteiger partial charge is 0.223 e. The second-order valence-corrected chi connectivity index (χ2v) is 4.69. The van der Waals surface area contributed by atoms with Crippen LogP contribution in [0.3, 0.4) is 0 Å². The van der Waals surface area contributed by atoms with Gasteiger partial charge >= 0.3 is 0 Å². The Kier molecular flexibility index (Phi) is 4.75. The number of hydrogen-bond donors (Lipinski definition) is 1. The fourth-order valence-corrected chi connectivity index (χ4v) is 2.52. The monoisotopic (exact) mass is 223 g/mol. The van der Waals surface area contributed by atoms with E-state index in [1.54, 1.807) is 7.05 Å². The molecule has 0 aromatic heterocycles. The normalized spacial score (nSPS) is 26.4. The molecule has 90 valence electrons. The van der Waals surface area contributed by atoms with Crippen LogP contribution in [0.15, 0.2) is 0 Å². The average Bonchev–Trinajstić information content (AvgIpc) is 2.75. The maximum Gasteiger partial charge on any atom is 0.223 e. The first kappa shape index (κ1) is 13.0. The van der Waals surface area contributed by atoms with Gasteiger partial charge in [0.1, 0.15) is 0 Å². The van der Waals surface area contributed by atoms with Crippen LogP contribution in [0.1, 0.15) is 26.2 Å². The molecular formula is C12H21N3O. The summed E-state index contributed by atoms with van der Waals surface area (Å²) in [5.41, 5.74) is 0. The molecule has 3 atom stereocenters. The highest BCUT2D eigenvalue weighted by molar-refractivity contribution is 5.78.